The molecule has 0 saturated carbocycles. The van der Waals surface area contributed by atoms with Gasteiger partial charge in [0.2, 0.25) is 0 Å². The molecule has 1 unspecified atom stereocenters. The zero-order valence-corrected chi connectivity index (χ0v) is 13.8. The molecule has 1 N–H and O–H groups in total. The van der Waals surface area contributed by atoms with Crippen molar-refractivity contribution in [1.82, 2.24) is 20.0 Å². The van der Waals surface area contributed by atoms with Crippen LogP contribution in [0.25, 0.3) is 0 Å². The summed E-state index contributed by atoms with van der Waals surface area (Å²) >= 11 is 3.72. The summed E-state index contributed by atoms with van der Waals surface area (Å²) in [7, 11) is 2.05. The van der Waals surface area contributed by atoms with Gasteiger partial charge in [-0.1, -0.05) is 13.8 Å². The van der Waals surface area contributed by atoms with Gasteiger partial charge in [0.25, 0.3) is 0 Å². The lowest BCUT2D eigenvalue weighted by molar-refractivity contribution is 0.194. The summed E-state index contributed by atoms with van der Waals surface area (Å²) in [6.45, 7) is 8.83. The Morgan fingerprint density at radius 1 is 1.47 bits per heavy atom. The third-order valence-corrected chi connectivity index (χ3v) is 4.83. The maximum absolute atomic E-state index is 4.60. The molecule has 4 nitrogen and oxygen atoms in total. The van der Waals surface area contributed by atoms with E-state index >= 15 is 0 Å². The number of hydrogen-bond donors (Lipinski definition) is 1. The van der Waals surface area contributed by atoms with E-state index in [1.807, 2.05) is 4.68 Å². The van der Waals surface area contributed by atoms with Crippen molar-refractivity contribution in [3.8, 4) is 0 Å². The smallest absolute Gasteiger partial charge is 0.0767 e. The van der Waals surface area contributed by atoms with E-state index in [9.17, 15) is 0 Å². The van der Waals surface area contributed by atoms with Crippen LogP contribution in [0.2, 0.25) is 0 Å². The summed E-state index contributed by atoms with van der Waals surface area (Å²) in [5, 5.41) is 8.06. The normalized spacial score (nSPS) is 19.5. The van der Waals surface area contributed by atoms with E-state index in [0.717, 1.165) is 32.6 Å². The number of aromatic nitrogens is 2. The average Bonchev–Trinajstić information content (AvgIpc) is 3.01. The Balaban J connectivity index is 2.14. The standard InChI is InChI=1S/C14H25BrN4/c1-4-8-19(11-6-7-16-9-11)10-13-14(15)12(5-2)17-18(13)3/h11,16H,4-10H2,1-3H3. The SMILES string of the molecule is CCCN(Cc1c(Br)c(CC)nn1C)C1CCNC1. The zero-order valence-electron chi connectivity index (χ0n) is 12.2. The van der Waals surface area contributed by atoms with Crippen molar-refractivity contribution in [1.29, 1.82) is 0 Å². The molecule has 2 rings (SSSR count). The molecule has 0 bridgehead atoms. The average molecular weight is 329 g/mol. The lowest BCUT2D eigenvalue weighted by Crippen LogP contribution is -2.37. The van der Waals surface area contributed by atoms with Crippen LogP contribution in [-0.4, -0.2) is 40.4 Å². The highest BCUT2D eigenvalue weighted by atomic mass is 79.9. The molecule has 1 aromatic rings. The minimum Gasteiger partial charge on any atom is -0.315 e. The molecule has 1 aliphatic rings. The molecule has 108 valence electrons. The van der Waals surface area contributed by atoms with Gasteiger partial charge in [-0.25, -0.2) is 0 Å². The molecule has 5 heteroatoms. The Morgan fingerprint density at radius 2 is 2.26 bits per heavy atom. The van der Waals surface area contributed by atoms with Crippen LogP contribution in [0.5, 0.6) is 0 Å². The molecular weight excluding hydrogens is 304 g/mol. The molecule has 1 aliphatic heterocycles. The summed E-state index contributed by atoms with van der Waals surface area (Å²) in [5.74, 6) is 0. The highest BCUT2D eigenvalue weighted by molar-refractivity contribution is 9.10. The van der Waals surface area contributed by atoms with Crippen LogP contribution in [0.3, 0.4) is 0 Å². The van der Waals surface area contributed by atoms with Crippen molar-refractivity contribution in [3.63, 3.8) is 0 Å². The van der Waals surface area contributed by atoms with Crippen molar-refractivity contribution in [2.75, 3.05) is 19.6 Å². The molecule has 0 amide bonds. The highest BCUT2D eigenvalue weighted by Crippen LogP contribution is 2.24. The van der Waals surface area contributed by atoms with Crippen LogP contribution in [0.15, 0.2) is 4.47 Å². The predicted octanol–water partition coefficient (Wildman–Crippen LogP) is 2.32. The third kappa shape index (κ3) is 3.38. The molecule has 1 atom stereocenters. The van der Waals surface area contributed by atoms with Crippen LogP contribution in [-0.2, 0) is 20.0 Å². The fourth-order valence-electron chi connectivity index (χ4n) is 2.81. The monoisotopic (exact) mass is 328 g/mol. The molecule has 0 aromatic carbocycles. The number of aryl methyl sites for hydroxylation is 2. The van der Waals surface area contributed by atoms with E-state index in [1.165, 1.54) is 28.7 Å². The summed E-state index contributed by atoms with van der Waals surface area (Å²) in [4.78, 5) is 2.60. The quantitative estimate of drug-likeness (QED) is 0.869. The van der Waals surface area contributed by atoms with E-state index in [2.05, 4.69) is 52.1 Å². The molecule has 0 spiro atoms. The second-order valence-corrected chi connectivity index (χ2v) is 6.09. The van der Waals surface area contributed by atoms with Crippen LogP contribution in [0, 0.1) is 0 Å². The molecule has 1 aromatic heterocycles. The minimum absolute atomic E-state index is 0.673. The van der Waals surface area contributed by atoms with Gasteiger partial charge < -0.3 is 5.32 Å². The fraction of sp³-hybridized carbons (Fsp3) is 0.786. The summed E-state index contributed by atoms with van der Waals surface area (Å²) in [6.07, 6.45) is 3.44. The Kier molecular flexibility index (Phi) is 5.42. The second-order valence-electron chi connectivity index (χ2n) is 5.30. The first-order chi connectivity index (χ1) is 9.17. The van der Waals surface area contributed by atoms with Gasteiger partial charge in [0.1, 0.15) is 0 Å². The summed E-state index contributed by atoms with van der Waals surface area (Å²) in [6, 6.07) is 0.673. The Morgan fingerprint density at radius 3 is 2.79 bits per heavy atom. The van der Waals surface area contributed by atoms with Crippen molar-refractivity contribution in [2.24, 2.45) is 7.05 Å². The van der Waals surface area contributed by atoms with E-state index in [1.54, 1.807) is 0 Å². The van der Waals surface area contributed by atoms with Gasteiger partial charge >= 0.3 is 0 Å². The molecule has 0 aliphatic carbocycles. The minimum atomic E-state index is 0.673. The second kappa shape index (κ2) is 6.86. The lowest BCUT2D eigenvalue weighted by Gasteiger charge is -2.28. The predicted molar refractivity (Wildman–Crippen MR) is 82.3 cm³/mol. The number of hydrogen-bond acceptors (Lipinski definition) is 3. The van der Waals surface area contributed by atoms with Crippen molar-refractivity contribution < 1.29 is 0 Å². The van der Waals surface area contributed by atoms with Crippen LogP contribution < -0.4 is 5.32 Å². The largest absolute Gasteiger partial charge is 0.315 e. The number of nitrogens with one attached hydrogen (secondary N) is 1. The van der Waals surface area contributed by atoms with Crippen molar-refractivity contribution >= 4 is 15.9 Å². The van der Waals surface area contributed by atoms with Crippen molar-refractivity contribution in [2.45, 2.75) is 45.7 Å². The highest BCUT2D eigenvalue weighted by Gasteiger charge is 2.24. The molecule has 19 heavy (non-hydrogen) atoms. The van der Waals surface area contributed by atoms with Gasteiger partial charge in [-0.15, -0.1) is 0 Å². The van der Waals surface area contributed by atoms with Crippen LogP contribution in [0.4, 0.5) is 0 Å². The van der Waals surface area contributed by atoms with Gasteiger partial charge in [0, 0.05) is 26.2 Å². The Hall–Kier alpha value is -0.390. The molecule has 1 saturated heterocycles. The zero-order chi connectivity index (χ0) is 13.8. The first-order valence-electron chi connectivity index (χ1n) is 7.32. The van der Waals surface area contributed by atoms with Crippen molar-refractivity contribution in [3.05, 3.63) is 15.9 Å². The van der Waals surface area contributed by atoms with E-state index in [-0.39, 0.29) is 0 Å². The van der Waals surface area contributed by atoms with Gasteiger partial charge in [-0.2, -0.15) is 5.10 Å². The van der Waals surface area contributed by atoms with E-state index in [0.29, 0.717) is 6.04 Å². The molecule has 1 fully saturated rings. The first-order valence-corrected chi connectivity index (χ1v) is 8.11. The van der Waals surface area contributed by atoms with Crippen LogP contribution >= 0.6 is 15.9 Å². The Bertz CT molecular complexity index is 410. The van der Waals surface area contributed by atoms with Gasteiger partial charge in [0.15, 0.2) is 0 Å². The maximum Gasteiger partial charge on any atom is 0.0767 e. The van der Waals surface area contributed by atoms with E-state index < -0.39 is 0 Å². The van der Waals surface area contributed by atoms with Gasteiger partial charge in [-0.3, -0.25) is 9.58 Å². The Labute approximate surface area is 124 Å². The third-order valence-electron chi connectivity index (χ3n) is 3.92. The summed E-state index contributed by atoms with van der Waals surface area (Å²) < 4.78 is 3.23. The summed E-state index contributed by atoms with van der Waals surface area (Å²) in [5.41, 5.74) is 2.47. The van der Waals surface area contributed by atoms with Gasteiger partial charge in [0.05, 0.1) is 15.9 Å². The first kappa shape index (κ1) is 15.0. The van der Waals surface area contributed by atoms with Crippen LogP contribution in [0.1, 0.15) is 38.1 Å². The fourth-order valence-corrected chi connectivity index (χ4v) is 3.55. The topological polar surface area (TPSA) is 33.1 Å². The number of halogens is 1. The molecular formula is C14H25BrN4. The lowest BCUT2D eigenvalue weighted by atomic mass is 10.2. The molecule has 0 radical (unpaired) electrons. The number of nitrogens with zero attached hydrogens (tertiary/aromatic N) is 3. The maximum atomic E-state index is 4.60. The van der Waals surface area contributed by atoms with E-state index in [4.69, 9.17) is 0 Å². The number of rotatable bonds is 6. The van der Waals surface area contributed by atoms with Gasteiger partial charge in [-0.05, 0) is 48.3 Å². The molecule has 2 heterocycles.